The number of hydrogen-bond acceptors (Lipinski definition) is 2. The first-order valence-electron chi connectivity index (χ1n) is 5.29. The van der Waals surface area contributed by atoms with Gasteiger partial charge in [0.2, 0.25) is 0 Å². The minimum atomic E-state index is 0.429. The molecule has 16 heavy (non-hydrogen) atoms. The van der Waals surface area contributed by atoms with Gasteiger partial charge in [-0.25, -0.2) is 0 Å². The van der Waals surface area contributed by atoms with Crippen molar-refractivity contribution in [3.8, 4) is 17.6 Å². The zero-order valence-electron chi connectivity index (χ0n) is 9.62. The van der Waals surface area contributed by atoms with E-state index in [9.17, 15) is 0 Å². The van der Waals surface area contributed by atoms with Crippen LogP contribution in [0, 0.1) is 18.8 Å². The van der Waals surface area contributed by atoms with Crippen LogP contribution in [-0.4, -0.2) is 19.7 Å². The van der Waals surface area contributed by atoms with Crippen LogP contribution in [-0.2, 0) is 0 Å². The maximum atomic E-state index is 5.45. The Labute approximate surface area is 97.3 Å². The van der Waals surface area contributed by atoms with Gasteiger partial charge in [-0.05, 0) is 19.1 Å². The van der Waals surface area contributed by atoms with Crippen molar-refractivity contribution in [1.82, 2.24) is 5.32 Å². The van der Waals surface area contributed by atoms with Crippen LogP contribution in [0.25, 0.3) is 0 Å². The van der Waals surface area contributed by atoms with E-state index in [2.05, 4.69) is 30.7 Å². The fourth-order valence-electron chi connectivity index (χ4n) is 1.10. The molecule has 0 aliphatic rings. The summed E-state index contributed by atoms with van der Waals surface area (Å²) in [6.45, 7) is 7.54. The van der Waals surface area contributed by atoms with E-state index >= 15 is 0 Å². The maximum Gasteiger partial charge on any atom is 0.149 e. The van der Waals surface area contributed by atoms with Crippen molar-refractivity contribution in [2.45, 2.75) is 6.92 Å². The van der Waals surface area contributed by atoms with Crippen molar-refractivity contribution >= 4 is 0 Å². The third-order valence-corrected chi connectivity index (χ3v) is 1.96. The molecule has 0 saturated carbocycles. The number of nitrogens with one attached hydrogen (secondary N) is 1. The van der Waals surface area contributed by atoms with Crippen LogP contribution in [0.1, 0.15) is 5.56 Å². The van der Waals surface area contributed by atoms with E-state index in [1.807, 2.05) is 30.3 Å². The average molecular weight is 215 g/mol. The molecule has 0 amide bonds. The quantitative estimate of drug-likeness (QED) is 0.461. The molecule has 0 unspecified atom stereocenters. The summed E-state index contributed by atoms with van der Waals surface area (Å²) >= 11 is 0. The summed E-state index contributed by atoms with van der Waals surface area (Å²) in [5, 5.41) is 3.09. The fraction of sp³-hybridized carbons (Fsp3) is 0.286. The molecule has 0 saturated heterocycles. The van der Waals surface area contributed by atoms with Gasteiger partial charge in [-0.1, -0.05) is 35.6 Å². The lowest BCUT2D eigenvalue weighted by Crippen LogP contribution is -2.13. The van der Waals surface area contributed by atoms with E-state index in [1.165, 1.54) is 5.56 Å². The predicted molar refractivity (Wildman–Crippen MR) is 67.5 cm³/mol. The van der Waals surface area contributed by atoms with E-state index in [-0.39, 0.29) is 0 Å². The van der Waals surface area contributed by atoms with Gasteiger partial charge in [0.15, 0.2) is 0 Å². The van der Waals surface area contributed by atoms with Gasteiger partial charge in [-0.3, -0.25) is 0 Å². The van der Waals surface area contributed by atoms with Crippen molar-refractivity contribution in [1.29, 1.82) is 0 Å². The summed E-state index contributed by atoms with van der Waals surface area (Å²) in [6.07, 6.45) is 1.81. The maximum absolute atomic E-state index is 5.45. The largest absolute Gasteiger partial charge is 0.481 e. The molecule has 1 N–H and O–H groups in total. The van der Waals surface area contributed by atoms with Crippen molar-refractivity contribution in [2.75, 3.05) is 19.7 Å². The molecule has 2 nitrogen and oxygen atoms in total. The number of rotatable bonds is 5. The number of hydrogen-bond donors (Lipinski definition) is 1. The topological polar surface area (TPSA) is 21.3 Å². The molecular weight excluding hydrogens is 198 g/mol. The zero-order valence-corrected chi connectivity index (χ0v) is 9.62. The lowest BCUT2D eigenvalue weighted by molar-refractivity contribution is 0.370. The van der Waals surface area contributed by atoms with Crippen LogP contribution in [0.15, 0.2) is 36.9 Å². The van der Waals surface area contributed by atoms with Crippen LogP contribution in [0.4, 0.5) is 0 Å². The average Bonchev–Trinajstić information content (AvgIpc) is 2.30. The molecule has 1 aromatic rings. The molecule has 0 heterocycles. The Hall–Kier alpha value is -1.72. The molecular formula is C14H17NO. The summed E-state index contributed by atoms with van der Waals surface area (Å²) in [5.41, 5.74) is 1.23. The second-order valence-corrected chi connectivity index (χ2v) is 3.37. The molecule has 2 heteroatoms. The van der Waals surface area contributed by atoms with Gasteiger partial charge in [0.25, 0.3) is 0 Å². The Bertz CT molecular complexity index is 370. The van der Waals surface area contributed by atoms with Crippen LogP contribution in [0.3, 0.4) is 0 Å². The van der Waals surface area contributed by atoms with Gasteiger partial charge in [-0.2, -0.15) is 0 Å². The van der Waals surface area contributed by atoms with Crippen molar-refractivity contribution in [2.24, 2.45) is 0 Å². The van der Waals surface area contributed by atoms with Gasteiger partial charge >= 0.3 is 0 Å². The first-order chi connectivity index (χ1) is 7.83. The zero-order chi connectivity index (χ0) is 11.6. The lowest BCUT2D eigenvalue weighted by atomic mass is 10.2. The second kappa shape index (κ2) is 7.56. The minimum Gasteiger partial charge on any atom is -0.481 e. The second-order valence-electron chi connectivity index (χ2n) is 3.37. The van der Waals surface area contributed by atoms with Gasteiger partial charge in [-0.15, -0.1) is 6.58 Å². The summed E-state index contributed by atoms with van der Waals surface area (Å²) in [7, 11) is 0. The standard InChI is InChI=1S/C14H17NO/c1-3-10-15-11-4-5-12-16-14-8-6-13(2)7-9-14/h3,6-9,15H,1,10-12H2,2H3. The van der Waals surface area contributed by atoms with Crippen molar-refractivity contribution in [3.05, 3.63) is 42.5 Å². The highest BCUT2D eigenvalue weighted by Crippen LogP contribution is 2.10. The van der Waals surface area contributed by atoms with Crippen molar-refractivity contribution in [3.63, 3.8) is 0 Å². The highest BCUT2D eigenvalue weighted by Gasteiger charge is 1.89. The van der Waals surface area contributed by atoms with Crippen LogP contribution in [0.2, 0.25) is 0 Å². The van der Waals surface area contributed by atoms with E-state index in [1.54, 1.807) is 0 Å². The highest BCUT2D eigenvalue weighted by atomic mass is 16.5. The first kappa shape index (κ1) is 12.4. The van der Waals surface area contributed by atoms with Crippen LogP contribution < -0.4 is 10.1 Å². The van der Waals surface area contributed by atoms with Gasteiger partial charge in [0.05, 0.1) is 6.54 Å². The van der Waals surface area contributed by atoms with Gasteiger partial charge < -0.3 is 10.1 Å². The van der Waals surface area contributed by atoms with E-state index in [0.29, 0.717) is 13.2 Å². The minimum absolute atomic E-state index is 0.429. The molecule has 0 bridgehead atoms. The number of aryl methyl sites for hydroxylation is 1. The Morgan fingerprint density at radius 1 is 1.31 bits per heavy atom. The molecule has 1 rings (SSSR count). The summed E-state index contributed by atoms with van der Waals surface area (Å²) in [6, 6.07) is 7.95. The third-order valence-electron chi connectivity index (χ3n) is 1.96. The Morgan fingerprint density at radius 2 is 2.06 bits per heavy atom. The normalized spacial score (nSPS) is 9.06. The van der Waals surface area contributed by atoms with Crippen molar-refractivity contribution < 1.29 is 4.74 Å². The summed E-state index contributed by atoms with van der Waals surface area (Å²) in [5.74, 6) is 6.77. The number of ether oxygens (including phenoxy) is 1. The SMILES string of the molecule is C=CCNCC#CCOc1ccc(C)cc1. The van der Waals surface area contributed by atoms with Gasteiger partial charge in [0, 0.05) is 6.54 Å². The molecule has 0 radical (unpaired) electrons. The van der Waals surface area contributed by atoms with Crippen LogP contribution >= 0.6 is 0 Å². The van der Waals surface area contributed by atoms with E-state index < -0.39 is 0 Å². The fourth-order valence-corrected chi connectivity index (χ4v) is 1.10. The van der Waals surface area contributed by atoms with E-state index in [0.717, 1.165) is 12.3 Å². The van der Waals surface area contributed by atoms with Crippen LogP contribution in [0.5, 0.6) is 5.75 Å². The third kappa shape index (κ3) is 5.23. The van der Waals surface area contributed by atoms with Gasteiger partial charge in [0.1, 0.15) is 12.4 Å². The summed E-state index contributed by atoms with van der Waals surface area (Å²) < 4.78 is 5.45. The molecule has 0 spiro atoms. The monoisotopic (exact) mass is 215 g/mol. The molecule has 1 aromatic carbocycles. The Balaban J connectivity index is 2.19. The molecule has 0 aliphatic carbocycles. The molecule has 0 atom stereocenters. The first-order valence-corrected chi connectivity index (χ1v) is 5.29. The number of benzene rings is 1. The Morgan fingerprint density at radius 3 is 2.75 bits per heavy atom. The molecule has 84 valence electrons. The molecule has 0 fully saturated rings. The smallest absolute Gasteiger partial charge is 0.149 e. The highest BCUT2D eigenvalue weighted by molar-refractivity contribution is 5.26. The Kier molecular flexibility index (Phi) is 5.83. The lowest BCUT2D eigenvalue weighted by Gasteiger charge is -2.01. The summed E-state index contributed by atoms with van der Waals surface area (Å²) in [4.78, 5) is 0. The predicted octanol–water partition coefficient (Wildman–Crippen LogP) is 2.15. The molecule has 0 aliphatic heterocycles. The molecule has 0 aromatic heterocycles. The van der Waals surface area contributed by atoms with E-state index in [4.69, 9.17) is 4.74 Å².